The lowest BCUT2D eigenvalue weighted by atomic mass is 9.90. The number of anilines is 1. The van der Waals surface area contributed by atoms with E-state index in [0.29, 0.717) is 18.6 Å². The van der Waals surface area contributed by atoms with Crippen molar-refractivity contribution in [2.75, 3.05) is 11.9 Å². The van der Waals surface area contributed by atoms with E-state index >= 15 is 0 Å². The summed E-state index contributed by atoms with van der Waals surface area (Å²) in [5.41, 5.74) is 0.907. The van der Waals surface area contributed by atoms with Crippen molar-refractivity contribution in [2.24, 2.45) is 5.92 Å². The van der Waals surface area contributed by atoms with Gasteiger partial charge in [0.25, 0.3) is 0 Å². The summed E-state index contributed by atoms with van der Waals surface area (Å²) < 4.78 is 7.85. The fourth-order valence-corrected chi connectivity index (χ4v) is 3.22. The van der Waals surface area contributed by atoms with Crippen LogP contribution in [0.1, 0.15) is 49.2 Å². The van der Waals surface area contributed by atoms with Crippen LogP contribution in [0.5, 0.6) is 0 Å². The van der Waals surface area contributed by atoms with Gasteiger partial charge in [0.05, 0.1) is 18.2 Å². The molecule has 2 aliphatic rings. The van der Waals surface area contributed by atoms with Crippen LogP contribution in [0.15, 0.2) is 12.4 Å². The molecule has 1 amide bonds. The van der Waals surface area contributed by atoms with Crippen LogP contribution in [0.3, 0.4) is 0 Å². The summed E-state index contributed by atoms with van der Waals surface area (Å²) in [5.74, 6) is 1.08. The molecule has 0 radical (unpaired) electrons. The van der Waals surface area contributed by atoms with E-state index in [1.54, 1.807) is 12.4 Å². The van der Waals surface area contributed by atoms with Crippen molar-refractivity contribution < 1.29 is 9.53 Å². The smallest absolute Gasteiger partial charge is 0.232 e. The summed E-state index contributed by atoms with van der Waals surface area (Å²) in [6.45, 7) is 2.58. The number of amides is 1. The highest BCUT2D eigenvalue weighted by molar-refractivity contribution is 5.91. The predicted octanol–water partition coefficient (Wildman–Crippen LogP) is 1.75. The molecule has 1 aliphatic carbocycles. The van der Waals surface area contributed by atoms with E-state index in [-0.39, 0.29) is 17.9 Å². The molecule has 2 aromatic heterocycles. The van der Waals surface area contributed by atoms with Crippen molar-refractivity contribution in [1.82, 2.24) is 25.0 Å². The monoisotopic (exact) mass is 316 g/mol. The highest BCUT2D eigenvalue weighted by Gasteiger charge is 2.35. The number of nitrogens with zero attached hydrogens (tertiary/aromatic N) is 4. The molecule has 0 aromatic carbocycles. The molecule has 1 saturated carbocycles. The lowest BCUT2D eigenvalue weighted by molar-refractivity contribution is -0.129. The third-order valence-corrected chi connectivity index (χ3v) is 4.52. The summed E-state index contributed by atoms with van der Waals surface area (Å²) in [7, 11) is 0. The van der Waals surface area contributed by atoms with Crippen LogP contribution in [0, 0.1) is 12.8 Å². The average molecular weight is 316 g/mol. The van der Waals surface area contributed by atoms with Gasteiger partial charge in [-0.3, -0.25) is 19.8 Å². The number of nitrogens with one attached hydrogen (secondary N) is 2. The van der Waals surface area contributed by atoms with E-state index in [1.165, 1.54) is 0 Å². The predicted molar refractivity (Wildman–Crippen MR) is 81.7 cm³/mol. The second-order valence-corrected chi connectivity index (χ2v) is 6.23. The summed E-state index contributed by atoms with van der Waals surface area (Å²) in [4.78, 5) is 12.8. The lowest BCUT2D eigenvalue weighted by Gasteiger charge is -2.30. The molecular formula is C15H20N6O2. The van der Waals surface area contributed by atoms with Gasteiger partial charge in [0.1, 0.15) is 5.82 Å². The number of carbonyl (C=O) groups excluding carboxylic acids is 1. The highest BCUT2D eigenvalue weighted by atomic mass is 16.5. The number of rotatable bonds is 4. The lowest BCUT2D eigenvalue weighted by Crippen LogP contribution is -2.33. The van der Waals surface area contributed by atoms with Gasteiger partial charge in [0.2, 0.25) is 11.9 Å². The molecule has 0 unspecified atom stereocenters. The van der Waals surface area contributed by atoms with Gasteiger partial charge in [-0.1, -0.05) is 0 Å². The topological polar surface area (TPSA) is 97.7 Å². The van der Waals surface area contributed by atoms with Crippen LogP contribution in [0.4, 0.5) is 5.95 Å². The average Bonchev–Trinajstić information content (AvgIpc) is 3.11. The molecule has 8 nitrogen and oxygen atoms in total. The van der Waals surface area contributed by atoms with Gasteiger partial charge in [0.15, 0.2) is 0 Å². The van der Waals surface area contributed by atoms with Crippen LogP contribution in [-0.2, 0) is 9.53 Å². The SMILES string of the molecule is Cc1nnc(NC(=O)[C@@H]2CCCO[C@H]2c2cn[nH]c2)n1C1CC1. The zero-order valence-corrected chi connectivity index (χ0v) is 13.0. The Morgan fingerprint density at radius 2 is 2.26 bits per heavy atom. The quantitative estimate of drug-likeness (QED) is 0.895. The Balaban J connectivity index is 1.53. The Hall–Kier alpha value is -2.22. The highest BCUT2D eigenvalue weighted by Crippen LogP contribution is 2.38. The number of aromatic nitrogens is 5. The molecule has 122 valence electrons. The first-order valence-corrected chi connectivity index (χ1v) is 8.06. The fourth-order valence-electron chi connectivity index (χ4n) is 3.22. The van der Waals surface area contributed by atoms with Crippen molar-refractivity contribution in [1.29, 1.82) is 0 Å². The number of ether oxygens (including phenoxy) is 1. The van der Waals surface area contributed by atoms with Crippen molar-refractivity contribution in [3.63, 3.8) is 0 Å². The summed E-state index contributed by atoms with van der Waals surface area (Å²) in [6.07, 6.45) is 7.14. The number of aryl methyl sites for hydroxylation is 1. The maximum Gasteiger partial charge on any atom is 0.232 e. The first-order valence-electron chi connectivity index (χ1n) is 8.06. The molecule has 2 aromatic rings. The van der Waals surface area contributed by atoms with Crippen molar-refractivity contribution in [3.8, 4) is 0 Å². The fraction of sp³-hybridized carbons (Fsp3) is 0.600. The van der Waals surface area contributed by atoms with Crippen molar-refractivity contribution in [3.05, 3.63) is 23.8 Å². The molecule has 1 aliphatic heterocycles. The molecule has 23 heavy (non-hydrogen) atoms. The minimum atomic E-state index is -0.263. The summed E-state index contributed by atoms with van der Waals surface area (Å²) >= 11 is 0. The third-order valence-electron chi connectivity index (χ3n) is 4.52. The molecule has 0 spiro atoms. The number of hydrogen-bond donors (Lipinski definition) is 2. The number of H-pyrrole nitrogens is 1. The summed E-state index contributed by atoms with van der Waals surface area (Å²) in [6, 6.07) is 0.424. The molecule has 4 rings (SSSR count). The van der Waals surface area contributed by atoms with Crippen LogP contribution in [0.2, 0.25) is 0 Å². The minimum absolute atomic E-state index is 0.0646. The molecule has 2 fully saturated rings. The maximum atomic E-state index is 12.8. The Morgan fingerprint density at radius 3 is 3.00 bits per heavy atom. The van der Waals surface area contributed by atoms with E-state index in [9.17, 15) is 4.79 Å². The number of aromatic amines is 1. The van der Waals surface area contributed by atoms with Gasteiger partial charge in [-0.15, -0.1) is 10.2 Å². The third kappa shape index (κ3) is 2.74. The van der Waals surface area contributed by atoms with Crippen LogP contribution < -0.4 is 5.32 Å². The standard InChI is InChI=1S/C15H20N6O2/c1-9-19-20-15(21(9)11-4-5-11)18-14(22)12-3-2-6-23-13(12)10-7-16-17-8-10/h7-8,11-13H,2-6H2,1H3,(H,16,17)(H,18,20,22)/t12-,13+/m1/s1. The van der Waals surface area contributed by atoms with Gasteiger partial charge in [0, 0.05) is 24.4 Å². The van der Waals surface area contributed by atoms with Crippen molar-refractivity contribution in [2.45, 2.75) is 44.8 Å². The molecule has 8 heteroatoms. The van der Waals surface area contributed by atoms with Gasteiger partial charge in [-0.05, 0) is 32.6 Å². The van der Waals surface area contributed by atoms with E-state index in [0.717, 1.165) is 37.1 Å². The first-order chi connectivity index (χ1) is 11.2. The van der Waals surface area contributed by atoms with Crippen LogP contribution in [0.25, 0.3) is 0 Å². The Labute approximate surface area is 133 Å². The van der Waals surface area contributed by atoms with E-state index in [4.69, 9.17) is 4.74 Å². The Bertz CT molecular complexity index is 691. The molecule has 2 atom stereocenters. The second-order valence-electron chi connectivity index (χ2n) is 6.23. The summed E-state index contributed by atoms with van der Waals surface area (Å²) in [5, 5.41) is 17.9. The van der Waals surface area contributed by atoms with E-state index in [2.05, 4.69) is 25.7 Å². The van der Waals surface area contributed by atoms with Crippen LogP contribution >= 0.6 is 0 Å². The van der Waals surface area contributed by atoms with Crippen LogP contribution in [-0.4, -0.2) is 37.5 Å². The number of carbonyl (C=O) groups is 1. The number of hydrogen-bond acceptors (Lipinski definition) is 5. The normalized spacial score (nSPS) is 24.6. The van der Waals surface area contributed by atoms with Gasteiger partial charge < -0.3 is 4.74 Å². The molecule has 3 heterocycles. The second kappa shape index (κ2) is 5.77. The van der Waals surface area contributed by atoms with Gasteiger partial charge in [-0.25, -0.2) is 0 Å². The largest absolute Gasteiger partial charge is 0.373 e. The minimum Gasteiger partial charge on any atom is -0.373 e. The van der Waals surface area contributed by atoms with E-state index < -0.39 is 0 Å². The molecular weight excluding hydrogens is 296 g/mol. The van der Waals surface area contributed by atoms with E-state index in [1.807, 2.05) is 11.5 Å². The maximum absolute atomic E-state index is 12.8. The Morgan fingerprint density at radius 1 is 1.39 bits per heavy atom. The zero-order chi connectivity index (χ0) is 15.8. The van der Waals surface area contributed by atoms with Crippen molar-refractivity contribution >= 4 is 11.9 Å². The Kier molecular flexibility index (Phi) is 3.60. The molecule has 1 saturated heterocycles. The molecule has 0 bridgehead atoms. The zero-order valence-electron chi connectivity index (χ0n) is 13.0. The van der Waals surface area contributed by atoms with Gasteiger partial charge in [-0.2, -0.15) is 5.10 Å². The molecule has 2 N–H and O–H groups in total. The van der Waals surface area contributed by atoms with Gasteiger partial charge >= 0.3 is 0 Å². The first kappa shape index (κ1) is 14.4.